The van der Waals surface area contributed by atoms with Crippen LogP contribution in [0.5, 0.6) is 0 Å². The number of pyridine rings is 1. The lowest BCUT2D eigenvalue weighted by atomic mass is 9.90. The van der Waals surface area contributed by atoms with Gasteiger partial charge in [-0.1, -0.05) is 12.1 Å². The first-order valence-electron chi connectivity index (χ1n) is 7.25. The van der Waals surface area contributed by atoms with E-state index >= 15 is 0 Å². The van der Waals surface area contributed by atoms with Crippen LogP contribution >= 0.6 is 0 Å². The largest absolute Gasteiger partial charge is 0.726 e. The van der Waals surface area contributed by atoms with Crippen LogP contribution in [0.25, 0.3) is 10.9 Å². The molecule has 0 radical (unpaired) electrons. The fourth-order valence-corrected chi connectivity index (χ4v) is 3.05. The molecule has 22 heavy (non-hydrogen) atoms. The van der Waals surface area contributed by atoms with Gasteiger partial charge >= 0.3 is 0 Å². The normalized spacial score (nSPS) is 14.2. The van der Waals surface area contributed by atoms with Gasteiger partial charge in [0.2, 0.25) is 15.9 Å². The molecule has 0 N–H and O–H groups in total. The van der Waals surface area contributed by atoms with Crippen molar-refractivity contribution >= 4 is 21.3 Å². The molecule has 5 nitrogen and oxygen atoms in total. The summed E-state index contributed by atoms with van der Waals surface area (Å²) in [7, 11) is -1.39. The molecule has 0 fully saturated rings. The molecule has 1 aromatic heterocycles. The van der Waals surface area contributed by atoms with Crippen molar-refractivity contribution in [3.8, 4) is 0 Å². The van der Waals surface area contributed by atoms with Gasteiger partial charge in [0.15, 0.2) is 5.69 Å². The van der Waals surface area contributed by atoms with Gasteiger partial charge in [-0.25, -0.2) is 8.42 Å². The summed E-state index contributed by atoms with van der Waals surface area (Å²) in [5.74, 6) is 0. The van der Waals surface area contributed by atoms with Crippen LogP contribution in [0.2, 0.25) is 0 Å². The fraction of sp³-hybridized carbons (Fsp3) is 0.438. The highest BCUT2D eigenvalue weighted by Crippen LogP contribution is 2.26. The van der Waals surface area contributed by atoms with Crippen molar-refractivity contribution in [1.82, 2.24) is 0 Å². The average Bonchev–Trinajstić information content (AvgIpc) is 2.52. The van der Waals surface area contributed by atoms with Crippen molar-refractivity contribution in [2.24, 2.45) is 7.05 Å². The predicted octanol–water partition coefficient (Wildman–Crippen LogP) is 1.94. The summed E-state index contributed by atoms with van der Waals surface area (Å²) in [4.78, 5) is 0. The number of rotatable bonds is 1. The zero-order valence-electron chi connectivity index (χ0n) is 13.1. The summed E-state index contributed by atoms with van der Waals surface area (Å²) < 4.78 is 33.4. The van der Waals surface area contributed by atoms with Crippen LogP contribution in [0, 0.1) is 6.92 Å². The third-order valence-electron chi connectivity index (χ3n) is 4.17. The number of hydrogen-bond donors (Lipinski definition) is 0. The van der Waals surface area contributed by atoms with Gasteiger partial charge < -0.3 is 4.55 Å². The quantitative estimate of drug-likeness (QED) is 0.457. The molecule has 120 valence electrons. The molecule has 0 saturated carbocycles. The van der Waals surface area contributed by atoms with Crippen LogP contribution in [0.4, 0.5) is 0 Å². The minimum absolute atomic E-state index is 0.808. The molecule has 0 spiro atoms. The minimum Gasteiger partial charge on any atom is -0.726 e. The second-order valence-electron chi connectivity index (χ2n) is 5.41. The topological polar surface area (TPSA) is 70.3 Å². The minimum atomic E-state index is -4.41. The van der Waals surface area contributed by atoms with Gasteiger partial charge in [0.25, 0.3) is 0 Å². The predicted molar refractivity (Wildman–Crippen MR) is 83.2 cm³/mol. The van der Waals surface area contributed by atoms with Gasteiger partial charge in [-0.15, -0.1) is 0 Å². The SMILES string of the molecule is COS(=O)(=O)[O-].Cc1c2c([n+](C)c3ccccc13)CCCC2. The number of para-hydroxylation sites is 1. The van der Waals surface area contributed by atoms with E-state index in [4.69, 9.17) is 0 Å². The van der Waals surface area contributed by atoms with Crippen LogP contribution < -0.4 is 4.57 Å². The van der Waals surface area contributed by atoms with Crippen molar-refractivity contribution in [3.05, 3.63) is 41.1 Å². The number of aromatic nitrogens is 1. The number of nitrogens with zero attached hydrogens (tertiary/aromatic N) is 1. The van der Waals surface area contributed by atoms with Crippen LogP contribution in [0.3, 0.4) is 0 Å². The molecule has 0 unspecified atom stereocenters. The highest BCUT2D eigenvalue weighted by Gasteiger charge is 2.23. The second kappa shape index (κ2) is 6.73. The molecule has 1 heterocycles. The smallest absolute Gasteiger partial charge is 0.217 e. The maximum Gasteiger partial charge on any atom is 0.217 e. The van der Waals surface area contributed by atoms with Crippen LogP contribution in [-0.4, -0.2) is 20.1 Å². The molecule has 3 rings (SSSR count). The van der Waals surface area contributed by atoms with Gasteiger partial charge in [-0.3, -0.25) is 4.18 Å². The van der Waals surface area contributed by atoms with Gasteiger partial charge in [-0.2, -0.15) is 4.57 Å². The Morgan fingerprint density at radius 2 is 1.77 bits per heavy atom. The number of hydrogen-bond acceptors (Lipinski definition) is 4. The lowest BCUT2D eigenvalue weighted by Crippen LogP contribution is -2.37. The molecular formula is C16H21NO4S. The molecule has 1 aliphatic rings. The molecule has 0 bridgehead atoms. The Labute approximate surface area is 131 Å². The summed E-state index contributed by atoms with van der Waals surface area (Å²) in [5.41, 5.74) is 6.04. The first-order valence-corrected chi connectivity index (χ1v) is 8.59. The molecule has 0 atom stereocenters. The van der Waals surface area contributed by atoms with E-state index in [-0.39, 0.29) is 0 Å². The summed E-state index contributed by atoms with van der Waals surface area (Å²) in [6.45, 7) is 2.28. The first kappa shape index (κ1) is 16.9. The second-order valence-corrected chi connectivity index (χ2v) is 6.56. The van der Waals surface area contributed by atoms with Gasteiger partial charge in [0.05, 0.1) is 7.11 Å². The van der Waals surface area contributed by atoms with Crippen LogP contribution in [0.1, 0.15) is 29.7 Å². The van der Waals surface area contributed by atoms with Crippen molar-refractivity contribution in [1.29, 1.82) is 0 Å². The molecule has 1 aliphatic carbocycles. The highest BCUT2D eigenvalue weighted by molar-refractivity contribution is 7.80. The first-order chi connectivity index (χ1) is 10.3. The lowest BCUT2D eigenvalue weighted by Gasteiger charge is -2.17. The Morgan fingerprint density at radius 3 is 2.41 bits per heavy atom. The van der Waals surface area contributed by atoms with E-state index in [0.717, 1.165) is 7.11 Å². The number of fused-ring (bicyclic) bond motifs is 2. The Kier molecular flexibility index (Phi) is 5.16. The summed E-state index contributed by atoms with van der Waals surface area (Å²) in [6, 6.07) is 8.76. The van der Waals surface area contributed by atoms with E-state index in [9.17, 15) is 13.0 Å². The Bertz CT molecular complexity index is 734. The molecule has 0 saturated heterocycles. The number of aryl methyl sites for hydroxylation is 2. The van der Waals surface area contributed by atoms with Crippen molar-refractivity contribution in [3.63, 3.8) is 0 Å². The van der Waals surface area contributed by atoms with E-state index in [1.165, 1.54) is 42.1 Å². The van der Waals surface area contributed by atoms with E-state index in [1.807, 2.05) is 0 Å². The fourth-order valence-electron chi connectivity index (χ4n) is 3.05. The molecule has 0 amide bonds. The zero-order valence-corrected chi connectivity index (χ0v) is 13.9. The third-order valence-corrected chi connectivity index (χ3v) is 4.58. The van der Waals surface area contributed by atoms with Crippen molar-refractivity contribution in [2.75, 3.05) is 7.11 Å². The van der Waals surface area contributed by atoms with E-state index < -0.39 is 10.4 Å². The van der Waals surface area contributed by atoms with E-state index in [2.05, 4.69) is 47.0 Å². The Balaban J connectivity index is 0.000000254. The maximum atomic E-state index is 9.22. The molecule has 2 aromatic rings. The maximum absolute atomic E-state index is 9.22. The van der Waals surface area contributed by atoms with Gasteiger partial charge in [0, 0.05) is 23.4 Å². The van der Waals surface area contributed by atoms with Crippen molar-refractivity contribution < 1.29 is 21.7 Å². The molecule has 0 aliphatic heterocycles. The molecular weight excluding hydrogens is 302 g/mol. The molecule has 6 heteroatoms. The summed E-state index contributed by atoms with van der Waals surface area (Å²) in [6.07, 6.45) is 5.21. The lowest BCUT2D eigenvalue weighted by molar-refractivity contribution is -0.653. The average molecular weight is 323 g/mol. The van der Waals surface area contributed by atoms with E-state index in [0.29, 0.717) is 0 Å². The number of benzene rings is 1. The zero-order chi connectivity index (χ0) is 16.3. The summed E-state index contributed by atoms with van der Waals surface area (Å²) in [5, 5.41) is 1.42. The third kappa shape index (κ3) is 3.63. The standard InChI is InChI=1S/C15H18N.CH4O4S/c1-11-12-7-3-5-9-14(12)16(2)15-10-6-4-8-13(11)15;1-5-6(2,3)4/h3,5,7,9H,4,6,8,10H2,1-2H3;1H3,(H,2,3,4)/q+1;/p-1. The van der Waals surface area contributed by atoms with Gasteiger partial charge in [0.1, 0.15) is 7.05 Å². The molecule has 1 aromatic carbocycles. The van der Waals surface area contributed by atoms with Gasteiger partial charge in [-0.05, 0) is 37.8 Å². The Hall–Kier alpha value is -1.50. The Morgan fingerprint density at radius 1 is 1.18 bits per heavy atom. The van der Waals surface area contributed by atoms with Crippen LogP contribution in [-0.2, 0) is 34.5 Å². The monoisotopic (exact) mass is 323 g/mol. The summed E-state index contributed by atoms with van der Waals surface area (Å²) >= 11 is 0. The van der Waals surface area contributed by atoms with E-state index in [1.54, 1.807) is 11.3 Å². The highest BCUT2D eigenvalue weighted by atomic mass is 32.3. The van der Waals surface area contributed by atoms with Crippen LogP contribution in [0.15, 0.2) is 24.3 Å². The van der Waals surface area contributed by atoms with Crippen molar-refractivity contribution in [2.45, 2.75) is 32.6 Å².